The van der Waals surface area contributed by atoms with Gasteiger partial charge in [-0.25, -0.2) is 0 Å². The molecule has 0 aromatic heterocycles. The number of phenolic OH excluding ortho intramolecular Hbond substituents is 1. The Balaban J connectivity index is 2.95. The van der Waals surface area contributed by atoms with Gasteiger partial charge in [0, 0.05) is 0 Å². The summed E-state index contributed by atoms with van der Waals surface area (Å²) in [5, 5.41) is 9.69. The van der Waals surface area contributed by atoms with Crippen LogP contribution in [0.5, 0.6) is 5.75 Å². The first kappa shape index (κ1) is 14.0. The van der Waals surface area contributed by atoms with Crippen molar-refractivity contribution in [2.24, 2.45) is 0 Å². The monoisotopic (exact) mass is 248 g/mol. The van der Waals surface area contributed by atoms with E-state index in [1.54, 1.807) is 18.2 Å². The van der Waals surface area contributed by atoms with Gasteiger partial charge in [0.25, 0.3) is 0 Å². The van der Waals surface area contributed by atoms with Gasteiger partial charge in [0.2, 0.25) is 0 Å². The smallest absolute Gasteiger partial charge is 0.309 e. The average molecular weight is 248 g/mol. The van der Waals surface area contributed by atoms with E-state index in [0.717, 1.165) is 11.1 Å². The summed E-state index contributed by atoms with van der Waals surface area (Å²) >= 11 is 0. The molecule has 1 N–H and O–H groups in total. The van der Waals surface area contributed by atoms with E-state index in [4.69, 9.17) is 0 Å². The van der Waals surface area contributed by atoms with Crippen LogP contribution >= 0.6 is 0 Å². The Morgan fingerprint density at radius 2 is 2.06 bits per heavy atom. The minimum absolute atomic E-state index is 0.0502. The summed E-state index contributed by atoms with van der Waals surface area (Å²) in [5.41, 5.74) is 1.93. The first-order valence-electron chi connectivity index (χ1n) is 5.53. The second-order valence-electron chi connectivity index (χ2n) is 3.96. The molecule has 0 radical (unpaired) electrons. The SMILES string of the molecule is COC(=O)CC=Cc1cc(O)c(C(C)=O)cc1C. The molecule has 0 aliphatic rings. The topological polar surface area (TPSA) is 63.6 Å². The van der Waals surface area contributed by atoms with Crippen LogP contribution in [0.25, 0.3) is 6.08 Å². The van der Waals surface area contributed by atoms with Crippen molar-refractivity contribution in [3.05, 3.63) is 34.9 Å². The summed E-state index contributed by atoms with van der Waals surface area (Å²) in [6, 6.07) is 3.15. The molecule has 0 unspecified atom stereocenters. The lowest BCUT2D eigenvalue weighted by Crippen LogP contribution is -1.97. The summed E-state index contributed by atoms with van der Waals surface area (Å²) in [6.07, 6.45) is 3.54. The van der Waals surface area contributed by atoms with Crippen molar-refractivity contribution in [2.45, 2.75) is 20.3 Å². The average Bonchev–Trinajstić information content (AvgIpc) is 2.32. The largest absolute Gasteiger partial charge is 0.507 e. The predicted molar refractivity (Wildman–Crippen MR) is 68.5 cm³/mol. The number of hydrogen-bond acceptors (Lipinski definition) is 4. The van der Waals surface area contributed by atoms with Crippen molar-refractivity contribution < 1.29 is 19.4 Å². The van der Waals surface area contributed by atoms with Gasteiger partial charge in [0.05, 0.1) is 19.1 Å². The number of esters is 1. The number of methoxy groups -OCH3 is 1. The van der Waals surface area contributed by atoms with Crippen LogP contribution in [0.4, 0.5) is 0 Å². The fourth-order valence-electron chi connectivity index (χ4n) is 1.54. The van der Waals surface area contributed by atoms with Crippen molar-refractivity contribution in [2.75, 3.05) is 7.11 Å². The van der Waals surface area contributed by atoms with Crippen molar-refractivity contribution in [3.63, 3.8) is 0 Å². The van der Waals surface area contributed by atoms with Gasteiger partial charge in [-0.3, -0.25) is 9.59 Å². The van der Waals surface area contributed by atoms with E-state index in [1.165, 1.54) is 20.1 Å². The summed E-state index contributed by atoms with van der Waals surface area (Å²) in [4.78, 5) is 22.2. The van der Waals surface area contributed by atoms with Crippen molar-refractivity contribution in [1.82, 2.24) is 0 Å². The molecule has 0 amide bonds. The second-order valence-corrected chi connectivity index (χ2v) is 3.96. The molecule has 0 aliphatic carbocycles. The van der Waals surface area contributed by atoms with Gasteiger partial charge in [0.15, 0.2) is 5.78 Å². The first-order chi connectivity index (χ1) is 8.45. The molecule has 18 heavy (non-hydrogen) atoms. The highest BCUT2D eigenvalue weighted by Crippen LogP contribution is 2.23. The van der Waals surface area contributed by atoms with E-state index < -0.39 is 0 Å². The molecule has 0 atom stereocenters. The number of carbonyl (C=O) groups is 2. The Labute approximate surface area is 106 Å². The lowest BCUT2D eigenvalue weighted by molar-refractivity contribution is -0.139. The molecule has 0 aliphatic heterocycles. The highest BCUT2D eigenvalue weighted by Gasteiger charge is 2.08. The van der Waals surface area contributed by atoms with Crippen LogP contribution in [0.2, 0.25) is 0 Å². The molecular weight excluding hydrogens is 232 g/mol. The van der Waals surface area contributed by atoms with E-state index in [0.29, 0.717) is 5.56 Å². The Bertz CT molecular complexity index is 501. The van der Waals surface area contributed by atoms with Crippen LogP contribution in [-0.2, 0) is 9.53 Å². The number of hydrogen-bond donors (Lipinski definition) is 1. The third kappa shape index (κ3) is 3.45. The van der Waals surface area contributed by atoms with Gasteiger partial charge in [-0.2, -0.15) is 0 Å². The van der Waals surface area contributed by atoms with Crippen LogP contribution in [0, 0.1) is 6.92 Å². The maximum Gasteiger partial charge on any atom is 0.309 e. The Morgan fingerprint density at radius 1 is 1.39 bits per heavy atom. The molecular formula is C14H16O4. The first-order valence-corrected chi connectivity index (χ1v) is 5.53. The summed E-state index contributed by atoms with van der Waals surface area (Å²) in [6.45, 7) is 3.24. The molecule has 1 rings (SSSR count). The number of ketones is 1. The van der Waals surface area contributed by atoms with Gasteiger partial charge in [0.1, 0.15) is 5.75 Å². The normalized spacial score (nSPS) is 10.6. The van der Waals surface area contributed by atoms with Gasteiger partial charge >= 0.3 is 5.97 Å². The Kier molecular flexibility index (Phi) is 4.66. The third-order valence-electron chi connectivity index (χ3n) is 2.57. The number of aromatic hydroxyl groups is 1. The van der Waals surface area contributed by atoms with Crippen molar-refractivity contribution in [3.8, 4) is 5.75 Å². The van der Waals surface area contributed by atoms with Crippen LogP contribution in [-0.4, -0.2) is 24.0 Å². The quantitative estimate of drug-likeness (QED) is 0.656. The predicted octanol–water partition coefficient (Wildman–Crippen LogP) is 2.48. The maximum atomic E-state index is 11.2. The lowest BCUT2D eigenvalue weighted by Gasteiger charge is -2.06. The molecule has 1 aromatic carbocycles. The number of rotatable bonds is 4. The molecule has 0 bridgehead atoms. The van der Waals surface area contributed by atoms with Crippen LogP contribution in [0.15, 0.2) is 18.2 Å². The van der Waals surface area contributed by atoms with Crippen LogP contribution in [0.1, 0.15) is 34.8 Å². The number of benzene rings is 1. The van der Waals surface area contributed by atoms with Crippen molar-refractivity contribution >= 4 is 17.8 Å². The molecule has 0 heterocycles. The van der Waals surface area contributed by atoms with Gasteiger partial charge in [-0.1, -0.05) is 12.2 Å². The maximum absolute atomic E-state index is 11.2. The molecule has 0 fully saturated rings. The molecule has 4 nitrogen and oxygen atoms in total. The fraction of sp³-hybridized carbons (Fsp3) is 0.286. The lowest BCUT2D eigenvalue weighted by atomic mass is 10.0. The number of aryl methyl sites for hydroxylation is 1. The van der Waals surface area contributed by atoms with Gasteiger partial charge < -0.3 is 9.84 Å². The van der Waals surface area contributed by atoms with Gasteiger partial charge in [-0.15, -0.1) is 0 Å². The number of phenols is 1. The second kappa shape index (κ2) is 6.00. The molecule has 4 heteroatoms. The molecule has 96 valence electrons. The van der Waals surface area contributed by atoms with Crippen LogP contribution < -0.4 is 0 Å². The Morgan fingerprint density at radius 3 is 2.61 bits per heavy atom. The number of Topliss-reactive ketones (excluding diaryl/α,β-unsaturated/α-hetero) is 1. The van der Waals surface area contributed by atoms with Gasteiger partial charge in [-0.05, 0) is 37.1 Å². The zero-order valence-electron chi connectivity index (χ0n) is 10.7. The highest BCUT2D eigenvalue weighted by molar-refractivity contribution is 5.97. The summed E-state index contributed by atoms with van der Waals surface area (Å²) in [7, 11) is 1.33. The molecule has 0 saturated heterocycles. The molecule has 0 spiro atoms. The molecule has 1 aromatic rings. The highest BCUT2D eigenvalue weighted by atomic mass is 16.5. The Hall–Kier alpha value is -2.10. The number of ether oxygens (including phenoxy) is 1. The minimum Gasteiger partial charge on any atom is -0.507 e. The van der Waals surface area contributed by atoms with E-state index in [1.807, 2.05) is 6.92 Å². The van der Waals surface area contributed by atoms with E-state index in [9.17, 15) is 14.7 Å². The standard InChI is InChI=1S/C14H16O4/c1-9-7-12(10(2)15)13(16)8-11(9)5-4-6-14(17)18-3/h4-5,7-8,16H,6H2,1-3H3. The minimum atomic E-state index is -0.325. The zero-order chi connectivity index (χ0) is 13.7. The summed E-state index contributed by atoms with van der Waals surface area (Å²) in [5.74, 6) is -0.556. The third-order valence-corrected chi connectivity index (χ3v) is 2.57. The van der Waals surface area contributed by atoms with E-state index in [2.05, 4.69) is 4.74 Å². The van der Waals surface area contributed by atoms with Crippen molar-refractivity contribution in [1.29, 1.82) is 0 Å². The fourth-order valence-corrected chi connectivity index (χ4v) is 1.54. The molecule has 0 saturated carbocycles. The van der Waals surface area contributed by atoms with E-state index >= 15 is 0 Å². The summed E-state index contributed by atoms with van der Waals surface area (Å²) < 4.78 is 4.51. The van der Waals surface area contributed by atoms with Crippen LogP contribution in [0.3, 0.4) is 0 Å². The number of carbonyl (C=O) groups excluding carboxylic acids is 2. The van der Waals surface area contributed by atoms with E-state index in [-0.39, 0.29) is 23.9 Å². The zero-order valence-corrected chi connectivity index (χ0v) is 10.7.